The fraction of sp³-hybridized carbons (Fsp3) is 0.417. The van der Waals surface area contributed by atoms with E-state index in [0.29, 0.717) is 11.4 Å². The van der Waals surface area contributed by atoms with E-state index < -0.39 is 23.6 Å². The average Bonchev–Trinajstić information content (AvgIpc) is 2.67. The number of pyridine rings is 1. The summed E-state index contributed by atoms with van der Waals surface area (Å²) in [7, 11) is 0. The second-order valence-corrected chi connectivity index (χ2v) is 9.04. The highest BCUT2D eigenvalue weighted by molar-refractivity contribution is 5.94. The van der Waals surface area contributed by atoms with E-state index in [1.807, 2.05) is 0 Å². The van der Waals surface area contributed by atoms with Crippen molar-refractivity contribution in [1.82, 2.24) is 15.2 Å². The molecule has 3 rings (SSSR count). The zero-order chi connectivity index (χ0) is 24.0. The molecule has 9 heteroatoms. The molecule has 0 saturated carbocycles. The van der Waals surface area contributed by atoms with Gasteiger partial charge in [-0.2, -0.15) is 0 Å². The number of ether oxygens (including phenoxy) is 1. The molecule has 8 nitrogen and oxygen atoms in total. The zero-order valence-electron chi connectivity index (χ0n) is 19.0. The summed E-state index contributed by atoms with van der Waals surface area (Å²) in [5.74, 6) is -0.712. The van der Waals surface area contributed by atoms with E-state index in [1.165, 1.54) is 6.07 Å². The summed E-state index contributed by atoms with van der Waals surface area (Å²) in [5.41, 5.74) is -0.315. The number of carbonyl (C=O) groups excluding carboxylic acids is 3. The zero-order valence-corrected chi connectivity index (χ0v) is 19.0. The Hall–Kier alpha value is -3.49. The standard InChI is InChI=1S/C24H29FN4O4/c1-24(2,3)33-23(32)27-18(12-16-8-4-5-9-19(16)25)13-21(30)29-14-17(15-29)22(31)28-20-10-6-7-11-26-20/h4-11,17-18H,12-15H2,1-3H3,(H,27,32)(H,26,28,31)/t18-/m1/s1. The lowest BCUT2D eigenvalue weighted by Gasteiger charge is -2.39. The topological polar surface area (TPSA) is 101 Å². The number of hydrogen-bond donors (Lipinski definition) is 2. The third kappa shape index (κ3) is 7.27. The van der Waals surface area contributed by atoms with E-state index in [-0.39, 0.29) is 43.7 Å². The van der Waals surface area contributed by atoms with Gasteiger partial charge >= 0.3 is 6.09 Å². The Kier molecular flexibility index (Phi) is 7.63. The van der Waals surface area contributed by atoms with Gasteiger partial charge in [-0.3, -0.25) is 9.59 Å². The highest BCUT2D eigenvalue weighted by Gasteiger charge is 2.36. The van der Waals surface area contributed by atoms with Crippen molar-refractivity contribution in [2.24, 2.45) is 5.92 Å². The van der Waals surface area contributed by atoms with Gasteiger partial charge in [-0.05, 0) is 51.0 Å². The Morgan fingerprint density at radius 2 is 1.85 bits per heavy atom. The Morgan fingerprint density at radius 1 is 1.15 bits per heavy atom. The fourth-order valence-corrected chi connectivity index (χ4v) is 3.43. The molecule has 1 aliphatic rings. The van der Waals surface area contributed by atoms with Crippen LogP contribution in [-0.4, -0.2) is 52.5 Å². The Labute approximate surface area is 192 Å². The van der Waals surface area contributed by atoms with Crippen molar-refractivity contribution in [3.8, 4) is 0 Å². The molecule has 33 heavy (non-hydrogen) atoms. The summed E-state index contributed by atoms with van der Waals surface area (Å²) in [6.07, 6.45) is 1.00. The van der Waals surface area contributed by atoms with Gasteiger partial charge in [0.25, 0.3) is 0 Å². The lowest BCUT2D eigenvalue weighted by molar-refractivity contribution is -0.141. The van der Waals surface area contributed by atoms with Crippen LogP contribution in [-0.2, 0) is 20.7 Å². The van der Waals surface area contributed by atoms with Gasteiger partial charge in [0, 0.05) is 31.7 Å². The molecular weight excluding hydrogens is 427 g/mol. The smallest absolute Gasteiger partial charge is 0.407 e. The number of likely N-dealkylation sites (tertiary alicyclic amines) is 1. The van der Waals surface area contributed by atoms with Crippen LogP contribution in [0.1, 0.15) is 32.8 Å². The molecule has 1 saturated heterocycles. The normalized spacial score (nSPS) is 14.7. The van der Waals surface area contributed by atoms with Crippen molar-refractivity contribution in [3.63, 3.8) is 0 Å². The minimum absolute atomic E-state index is 0.0395. The number of alkyl carbamates (subject to hydrolysis) is 1. The Morgan fingerprint density at radius 3 is 2.48 bits per heavy atom. The van der Waals surface area contributed by atoms with E-state index in [2.05, 4.69) is 15.6 Å². The van der Waals surface area contributed by atoms with Crippen molar-refractivity contribution in [1.29, 1.82) is 0 Å². The molecule has 1 aromatic carbocycles. The van der Waals surface area contributed by atoms with Crippen LogP contribution in [0.25, 0.3) is 0 Å². The monoisotopic (exact) mass is 456 g/mol. The molecular formula is C24H29FN4O4. The molecule has 1 atom stereocenters. The summed E-state index contributed by atoms with van der Waals surface area (Å²) < 4.78 is 19.5. The second-order valence-electron chi connectivity index (χ2n) is 9.04. The highest BCUT2D eigenvalue weighted by atomic mass is 19.1. The number of aromatic nitrogens is 1. The van der Waals surface area contributed by atoms with Gasteiger partial charge in [-0.15, -0.1) is 0 Å². The molecule has 0 unspecified atom stereocenters. The lowest BCUT2D eigenvalue weighted by atomic mass is 9.96. The van der Waals surface area contributed by atoms with Crippen LogP contribution in [0.4, 0.5) is 15.0 Å². The van der Waals surface area contributed by atoms with E-state index >= 15 is 0 Å². The quantitative estimate of drug-likeness (QED) is 0.667. The number of hydrogen-bond acceptors (Lipinski definition) is 5. The number of halogens is 1. The maximum Gasteiger partial charge on any atom is 0.407 e. The molecule has 0 aliphatic carbocycles. The summed E-state index contributed by atoms with van der Waals surface area (Å²) in [6, 6.07) is 10.8. The van der Waals surface area contributed by atoms with Crippen molar-refractivity contribution in [2.75, 3.05) is 18.4 Å². The summed E-state index contributed by atoms with van der Waals surface area (Å²) in [4.78, 5) is 43.0. The lowest BCUT2D eigenvalue weighted by Crippen LogP contribution is -2.55. The number of rotatable bonds is 7. The van der Waals surface area contributed by atoms with Gasteiger partial charge in [-0.25, -0.2) is 14.2 Å². The van der Waals surface area contributed by atoms with Gasteiger partial charge < -0.3 is 20.3 Å². The molecule has 2 aromatic rings. The largest absolute Gasteiger partial charge is 0.444 e. The number of nitrogens with zero attached hydrogens (tertiary/aromatic N) is 2. The van der Waals surface area contributed by atoms with E-state index in [9.17, 15) is 18.8 Å². The Balaban J connectivity index is 1.57. The van der Waals surface area contributed by atoms with Gasteiger partial charge in [0.05, 0.1) is 5.92 Å². The molecule has 176 valence electrons. The van der Waals surface area contributed by atoms with Crippen molar-refractivity contribution >= 4 is 23.7 Å². The van der Waals surface area contributed by atoms with Crippen LogP contribution in [0.15, 0.2) is 48.7 Å². The molecule has 0 bridgehead atoms. The van der Waals surface area contributed by atoms with Gasteiger partial charge in [-0.1, -0.05) is 24.3 Å². The van der Waals surface area contributed by atoms with Crippen LogP contribution in [0.3, 0.4) is 0 Å². The average molecular weight is 457 g/mol. The molecule has 1 aromatic heterocycles. The molecule has 0 spiro atoms. The minimum atomic E-state index is -0.706. The molecule has 2 heterocycles. The molecule has 2 N–H and O–H groups in total. The number of carbonyl (C=O) groups is 3. The van der Waals surface area contributed by atoms with Crippen LogP contribution in [0, 0.1) is 11.7 Å². The first kappa shape index (κ1) is 24.2. The number of nitrogens with one attached hydrogen (secondary N) is 2. The Bertz CT molecular complexity index is 987. The van der Waals surface area contributed by atoms with Crippen LogP contribution >= 0.6 is 0 Å². The van der Waals surface area contributed by atoms with Crippen molar-refractivity contribution in [2.45, 2.75) is 45.3 Å². The third-order valence-corrected chi connectivity index (χ3v) is 5.09. The van der Waals surface area contributed by atoms with Crippen LogP contribution in [0.2, 0.25) is 0 Å². The first-order valence-electron chi connectivity index (χ1n) is 10.8. The summed E-state index contributed by atoms with van der Waals surface area (Å²) in [5, 5.41) is 5.41. The number of anilines is 1. The van der Waals surface area contributed by atoms with Crippen molar-refractivity contribution in [3.05, 3.63) is 60.0 Å². The highest BCUT2D eigenvalue weighted by Crippen LogP contribution is 2.20. The maximum absolute atomic E-state index is 14.2. The first-order chi connectivity index (χ1) is 15.6. The van der Waals surface area contributed by atoms with Gasteiger partial charge in [0.15, 0.2) is 0 Å². The van der Waals surface area contributed by atoms with Gasteiger partial charge in [0.2, 0.25) is 11.8 Å². The predicted molar refractivity (Wildman–Crippen MR) is 121 cm³/mol. The molecule has 3 amide bonds. The van der Waals surface area contributed by atoms with Crippen molar-refractivity contribution < 1.29 is 23.5 Å². The molecule has 1 aliphatic heterocycles. The summed E-state index contributed by atoms with van der Waals surface area (Å²) in [6.45, 7) is 5.76. The first-order valence-corrected chi connectivity index (χ1v) is 10.8. The summed E-state index contributed by atoms with van der Waals surface area (Å²) >= 11 is 0. The fourth-order valence-electron chi connectivity index (χ4n) is 3.43. The van der Waals surface area contributed by atoms with E-state index in [0.717, 1.165) is 0 Å². The SMILES string of the molecule is CC(C)(C)OC(=O)N[C@@H](CC(=O)N1CC(C(=O)Nc2ccccn2)C1)Cc1ccccc1F. The van der Waals surface area contributed by atoms with Crippen LogP contribution in [0.5, 0.6) is 0 Å². The van der Waals surface area contributed by atoms with Gasteiger partial charge in [0.1, 0.15) is 17.2 Å². The number of benzene rings is 1. The maximum atomic E-state index is 14.2. The van der Waals surface area contributed by atoms with Crippen LogP contribution < -0.4 is 10.6 Å². The minimum Gasteiger partial charge on any atom is -0.444 e. The molecule has 1 fully saturated rings. The van der Waals surface area contributed by atoms with E-state index in [4.69, 9.17) is 4.74 Å². The predicted octanol–water partition coefficient (Wildman–Crippen LogP) is 3.14. The number of amides is 3. The second kappa shape index (κ2) is 10.4. The molecule has 0 radical (unpaired) electrons. The van der Waals surface area contributed by atoms with E-state index in [1.54, 1.807) is 68.3 Å². The third-order valence-electron chi connectivity index (χ3n) is 5.09.